The van der Waals surface area contributed by atoms with Crippen LogP contribution in [0, 0.1) is 12.7 Å². The predicted molar refractivity (Wildman–Crippen MR) is 112 cm³/mol. The average Bonchev–Trinajstić information content (AvgIpc) is 2.70. The van der Waals surface area contributed by atoms with Gasteiger partial charge in [-0.2, -0.15) is 0 Å². The fourth-order valence-electron chi connectivity index (χ4n) is 3.62. The van der Waals surface area contributed by atoms with E-state index in [0.717, 1.165) is 44.7 Å². The minimum absolute atomic E-state index is 0.168. The van der Waals surface area contributed by atoms with Crippen molar-refractivity contribution in [2.75, 3.05) is 44.2 Å². The van der Waals surface area contributed by atoms with Crippen LogP contribution in [0.25, 0.3) is 0 Å². The summed E-state index contributed by atoms with van der Waals surface area (Å²) in [6.45, 7) is 9.03. The summed E-state index contributed by atoms with van der Waals surface area (Å²) in [5.41, 5.74) is 3.04. The summed E-state index contributed by atoms with van der Waals surface area (Å²) in [7, 11) is 0. The Morgan fingerprint density at radius 2 is 1.71 bits per heavy atom. The summed E-state index contributed by atoms with van der Waals surface area (Å²) in [6, 6.07) is 15.3. The summed E-state index contributed by atoms with van der Waals surface area (Å²) in [6.07, 6.45) is 0.943. The van der Waals surface area contributed by atoms with Gasteiger partial charge in [0, 0.05) is 39.3 Å². The Morgan fingerprint density at radius 3 is 2.36 bits per heavy atom. The third-order valence-electron chi connectivity index (χ3n) is 5.26. The first-order chi connectivity index (χ1) is 13.6. The Morgan fingerprint density at radius 1 is 1.04 bits per heavy atom. The maximum Gasteiger partial charge on any atom is 0.237 e. The van der Waals surface area contributed by atoms with E-state index in [0.29, 0.717) is 18.8 Å². The van der Waals surface area contributed by atoms with Crippen molar-refractivity contribution in [2.24, 2.45) is 0 Å². The van der Waals surface area contributed by atoms with Crippen LogP contribution in [-0.4, -0.2) is 55.0 Å². The van der Waals surface area contributed by atoms with E-state index in [2.05, 4.69) is 47.9 Å². The normalized spacial score (nSPS) is 14.9. The molecule has 3 rings (SSSR count). The van der Waals surface area contributed by atoms with Crippen LogP contribution in [0.4, 0.5) is 10.1 Å². The first-order valence-corrected chi connectivity index (χ1v) is 10.1. The van der Waals surface area contributed by atoms with Gasteiger partial charge in [0.15, 0.2) is 0 Å². The van der Waals surface area contributed by atoms with Gasteiger partial charge in [0.1, 0.15) is 5.82 Å². The number of rotatable bonds is 7. The fraction of sp³-hybridized carbons (Fsp3) is 0.435. The van der Waals surface area contributed by atoms with Gasteiger partial charge in [0.05, 0.1) is 12.2 Å². The highest BCUT2D eigenvalue weighted by Gasteiger charge is 2.23. The molecular weight excluding hydrogens is 353 g/mol. The van der Waals surface area contributed by atoms with Gasteiger partial charge in [0.25, 0.3) is 0 Å². The lowest BCUT2D eigenvalue weighted by atomic mass is 10.1. The second-order valence-electron chi connectivity index (χ2n) is 7.52. The number of carbonyl (C=O) groups is 1. The number of nitrogens with zero attached hydrogens (tertiary/aromatic N) is 3. The number of carbonyl (C=O) groups excluding carboxylic acids is 1. The third-order valence-corrected chi connectivity index (χ3v) is 5.26. The molecule has 1 aliphatic heterocycles. The largest absolute Gasteiger partial charge is 0.367 e. The van der Waals surface area contributed by atoms with Gasteiger partial charge in [-0.05, 0) is 31.0 Å². The van der Waals surface area contributed by atoms with Gasteiger partial charge < -0.3 is 9.80 Å². The van der Waals surface area contributed by atoms with Crippen LogP contribution in [0.1, 0.15) is 24.5 Å². The number of hydrogen-bond donors (Lipinski definition) is 0. The molecule has 4 nitrogen and oxygen atoms in total. The SMILES string of the molecule is CCCN(Cc1ccc(C)cc1)C(=O)CN1CCN(c2ccccc2F)CC1. The quantitative estimate of drug-likeness (QED) is 0.730. The van der Waals surface area contributed by atoms with Crippen molar-refractivity contribution >= 4 is 11.6 Å². The lowest BCUT2D eigenvalue weighted by molar-refractivity contribution is -0.133. The van der Waals surface area contributed by atoms with E-state index < -0.39 is 0 Å². The van der Waals surface area contributed by atoms with Crippen molar-refractivity contribution in [3.8, 4) is 0 Å². The smallest absolute Gasteiger partial charge is 0.237 e. The Labute approximate surface area is 167 Å². The number of amides is 1. The number of aryl methyl sites for hydroxylation is 1. The number of benzene rings is 2. The van der Waals surface area contributed by atoms with Gasteiger partial charge in [-0.15, -0.1) is 0 Å². The van der Waals surface area contributed by atoms with Crippen LogP contribution < -0.4 is 4.90 Å². The molecule has 0 saturated carbocycles. The molecule has 150 valence electrons. The molecule has 28 heavy (non-hydrogen) atoms. The van der Waals surface area contributed by atoms with E-state index in [4.69, 9.17) is 0 Å². The summed E-state index contributed by atoms with van der Waals surface area (Å²) >= 11 is 0. The van der Waals surface area contributed by atoms with Crippen LogP contribution in [0.2, 0.25) is 0 Å². The van der Waals surface area contributed by atoms with Crippen molar-refractivity contribution in [3.63, 3.8) is 0 Å². The third kappa shape index (κ3) is 5.32. The van der Waals surface area contributed by atoms with E-state index in [1.807, 2.05) is 17.0 Å². The molecule has 1 aliphatic rings. The minimum atomic E-state index is -0.181. The lowest BCUT2D eigenvalue weighted by Gasteiger charge is -2.36. The number of piperazine rings is 1. The van der Waals surface area contributed by atoms with Gasteiger partial charge in [-0.3, -0.25) is 9.69 Å². The van der Waals surface area contributed by atoms with E-state index in [9.17, 15) is 9.18 Å². The molecule has 0 aromatic heterocycles. The zero-order valence-electron chi connectivity index (χ0n) is 16.9. The Hall–Kier alpha value is -2.40. The van der Waals surface area contributed by atoms with Crippen LogP contribution in [0.3, 0.4) is 0 Å². The number of anilines is 1. The first kappa shape index (κ1) is 20.3. The van der Waals surface area contributed by atoms with Crippen molar-refractivity contribution in [3.05, 3.63) is 65.5 Å². The summed E-state index contributed by atoms with van der Waals surface area (Å²) in [5.74, 6) is -0.0130. The molecule has 1 heterocycles. The topological polar surface area (TPSA) is 26.8 Å². The summed E-state index contributed by atoms with van der Waals surface area (Å²) in [4.78, 5) is 19.1. The molecule has 5 heteroatoms. The van der Waals surface area contributed by atoms with Gasteiger partial charge >= 0.3 is 0 Å². The van der Waals surface area contributed by atoms with Gasteiger partial charge in [0.2, 0.25) is 5.91 Å². The molecule has 0 spiro atoms. The van der Waals surface area contributed by atoms with Crippen LogP contribution in [0.5, 0.6) is 0 Å². The molecular formula is C23H30FN3O. The number of halogens is 1. The van der Waals surface area contributed by atoms with E-state index in [-0.39, 0.29) is 11.7 Å². The Kier molecular flexibility index (Phi) is 7.04. The van der Waals surface area contributed by atoms with Gasteiger partial charge in [-0.1, -0.05) is 48.9 Å². The molecule has 0 atom stereocenters. The maximum absolute atomic E-state index is 14.0. The highest BCUT2D eigenvalue weighted by atomic mass is 19.1. The minimum Gasteiger partial charge on any atom is -0.367 e. The van der Waals surface area contributed by atoms with Gasteiger partial charge in [-0.25, -0.2) is 4.39 Å². The summed E-state index contributed by atoms with van der Waals surface area (Å²) < 4.78 is 14.0. The van der Waals surface area contributed by atoms with E-state index in [1.54, 1.807) is 6.07 Å². The molecule has 2 aromatic rings. The molecule has 0 aliphatic carbocycles. The standard InChI is InChI=1S/C23H30FN3O/c1-3-12-27(17-20-10-8-19(2)9-11-20)23(28)18-25-13-15-26(16-14-25)22-7-5-4-6-21(22)24/h4-11H,3,12-18H2,1-2H3. The fourth-order valence-corrected chi connectivity index (χ4v) is 3.62. The zero-order valence-corrected chi connectivity index (χ0v) is 16.9. The van der Waals surface area contributed by atoms with E-state index in [1.165, 1.54) is 11.6 Å². The van der Waals surface area contributed by atoms with E-state index >= 15 is 0 Å². The molecule has 1 amide bonds. The highest BCUT2D eigenvalue weighted by Crippen LogP contribution is 2.20. The lowest BCUT2D eigenvalue weighted by Crippen LogP contribution is -2.50. The second kappa shape index (κ2) is 9.69. The van der Waals surface area contributed by atoms with Crippen molar-refractivity contribution in [2.45, 2.75) is 26.8 Å². The Bertz CT molecular complexity index is 770. The zero-order chi connectivity index (χ0) is 19.9. The summed E-state index contributed by atoms with van der Waals surface area (Å²) in [5, 5.41) is 0. The van der Waals surface area contributed by atoms with Crippen molar-refractivity contribution in [1.29, 1.82) is 0 Å². The van der Waals surface area contributed by atoms with Crippen molar-refractivity contribution in [1.82, 2.24) is 9.80 Å². The van der Waals surface area contributed by atoms with Crippen LogP contribution in [-0.2, 0) is 11.3 Å². The predicted octanol–water partition coefficient (Wildman–Crippen LogP) is 3.69. The molecule has 1 fully saturated rings. The molecule has 0 radical (unpaired) electrons. The second-order valence-corrected chi connectivity index (χ2v) is 7.52. The van der Waals surface area contributed by atoms with Crippen molar-refractivity contribution < 1.29 is 9.18 Å². The molecule has 1 saturated heterocycles. The first-order valence-electron chi connectivity index (χ1n) is 10.1. The highest BCUT2D eigenvalue weighted by molar-refractivity contribution is 5.78. The molecule has 0 unspecified atom stereocenters. The Balaban J connectivity index is 1.54. The molecule has 0 bridgehead atoms. The maximum atomic E-state index is 14.0. The monoisotopic (exact) mass is 383 g/mol. The molecule has 0 N–H and O–H groups in total. The van der Waals surface area contributed by atoms with Crippen LogP contribution in [0.15, 0.2) is 48.5 Å². The number of hydrogen-bond acceptors (Lipinski definition) is 3. The van der Waals surface area contributed by atoms with Crippen LogP contribution >= 0.6 is 0 Å². The number of para-hydroxylation sites is 1. The average molecular weight is 384 g/mol. The molecule has 2 aromatic carbocycles.